The lowest BCUT2D eigenvalue weighted by atomic mass is 9.95. The van der Waals surface area contributed by atoms with Crippen molar-refractivity contribution in [2.45, 2.75) is 19.1 Å². The highest BCUT2D eigenvalue weighted by Gasteiger charge is 2.33. The van der Waals surface area contributed by atoms with E-state index in [0.717, 1.165) is 22.4 Å². The highest BCUT2D eigenvalue weighted by Crippen LogP contribution is 2.39. The minimum absolute atomic E-state index is 0.239. The van der Waals surface area contributed by atoms with Crippen molar-refractivity contribution >= 4 is 17.5 Å². The second kappa shape index (κ2) is 5.85. The number of nitrogens with zero attached hydrogens (tertiary/aromatic N) is 1. The van der Waals surface area contributed by atoms with Crippen LogP contribution in [0.2, 0.25) is 0 Å². The lowest BCUT2D eigenvalue weighted by molar-refractivity contribution is -0.132. The molecule has 0 bridgehead atoms. The van der Waals surface area contributed by atoms with Crippen molar-refractivity contribution in [1.29, 1.82) is 0 Å². The molecule has 1 aliphatic heterocycles. The highest BCUT2D eigenvalue weighted by atomic mass is 16.3. The number of fused-ring (bicyclic) bond motifs is 3. The third-order valence-electron chi connectivity index (χ3n) is 4.07. The minimum atomic E-state index is -1.18. The van der Waals surface area contributed by atoms with Crippen LogP contribution in [0.15, 0.2) is 48.5 Å². The molecule has 1 aliphatic rings. The van der Waals surface area contributed by atoms with Crippen molar-refractivity contribution in [3.63, 3.8) is 0 Å². The molecule has 2 atom stereocenters. The average molecular weight is 310 g/mol. The van der Waals surface area contributed by atoms with E-state index in [9.17, 15) is 14.7 Å². The van der Waals surface area contributed by atoms with E-state index < -0.39 is 18.1 Å². The van der Waals surface area contributed by atoms with Gasteiger partial charge in [0.2, 0.25) is 5.91 Å². The molecular weight excluding hydrogens is 292 g/mol. The van der Waals surface area contributed by atoms with Gasteiger partial charge in [0, 0.05) is 12.6 Å². The fraction of sp³-hybridized carbons (Fsp3) is 0.222. The number of hydrogen-bond donors (Lipinski definition) is 2. The molecule has 0 radical (unpaired) electrons. The molecule has 0 fully saturated rings. The largest absolute Gasteiger partial charge is 0.384 e. The molecule has 2 amide bonds. The number of benzene rings is 2. The second-order valence-electron chi connectivity index (χ2n) is 5.62. The van der Waals surface area contributed by atoms with Gasteiger partial charge in [-0.2, -0.15) is 0 Å². The van der Waals surface area contributed by atoms with Crippen LogP contribution in [0.4, 0.5) is 5.69 Å². The van der Waals surface area contributed by atoms with Crippen molar-refractivity contribution in [3.8, 4) is 11.1 Å². The number of nitrogens with one attached hydrogen (secondary N) is 1. The SMILES string of the molecule is CC(O)C(=O)NC1C(=O)N(C)c2ccccc2-c2ccccc21. The Morgan fingerprint density at radius 1 is 1.13 bits per heavy atom. The zero-order chi connectivity index (χ0) is 16.6. The smallest absolute Gasteiger partial charge is 0.253 e. The second-order valence-corrected chi connectivity index (χ2v) is 5.62. The highest BCUT2D eigenvalue weighted by molar-refractivity contribution is 6.06. The Balaban J connectivity index is 2.17. The number of likely N-dealkylation sites (N-methyl/N-ethyl adjacent to an activating group) is 1. The first kappa shape index (κ1) is 15.2. The Labute approximate surface area is 134 Å². The molecule has 23 heavy (non-hydrogen) atoms. The maximum Gasteiger partial charge on any atom is 0.253 e. The number of carbonyl (C=O) groups excluding carboxylic acids is 2. The topological polar surface area (TPSA) is 69.6 Å². The molecule has 2 N–H and O–H groups in total. The Kier molecular flexibility index (Phi) is 3.88. The van der Waals surface area contributed by atoms with E-state index in [1.807, 2.05) is 48.5 Å². The quantitative estimate of drug-likeness (QED) is 0.889. The van der Waals surface area contributed by atoms with Gasteiger partial charge in [0.05, 0.1) is 5.69 Å². The van der Waals surface area contributed by atoms with Crippen molar-refractivity contribution in [3.05, 3.63) is 54.1 Å². The molecule has 0 saturated carbocycles. The summed E-state index contributed by atoms with van der Waals surface area (Å²) in [6.45, 7) is 1.38. The summed E-state index contributed by atoms with van der Waals surface area (Å²) in [4.78, 5) is 26.3. The van der Waals surface area contributed by atoms with E-state index in [2.05, 4.69) is 5.32 Å². The number of anilines is 1. The molecule has 0 aromatic heterocycles. The van der Waals surface area contributed by atoms with Crippen LogP contribution in [-0.2, 0) is 9.59 Å². The number of carbonyl (C=O) groups is 2. The Bertz CT molecular complexity index is 770. The summed E-state index contributed by atoms with van der Waals surface area (Å²) in [6.07, 6.45) is -1.18. The van der Waals surface area contributed by atoms with Crippen LogP contribution in [-0.4, -0.2) is 30.1 Å². The van der Waals surface area contributed by atoms with Gasteiger partial charge in [-0.1, -0.05) is 42.5 Å². The van der Waals surface area contributed by atoms with Gasteiger partial charge in [-0.25, -0.2) is 0 Å². The molecule has 2 unspecified atom stereocenters. The molecule has 0 aliphatic carbocycles. The average Bonchev–Trinajstić information content (AvgIpc) is 2.65. The van der Waals surface area contributed by atoms with Gasteiger partial charge in [-0.3, -0.25) is 9.59 Å². The normalized spacial score (nSPS) is 17.8. The predicted octanol–water partition coefficient (Wildman–Crippen LogP) is 1.87. The van der Waals surface area contributed by atoms with Crippen molar-refractivity contribution < 1.29 is 14.7 Å². The van der Waals surface area contributed by atoms with Crippen LogP contribution in [0, 0.1) is 0 Å². The first-order chi connectivity index (χ1) is 11.0. The lowest BCUT2D eigenvalue weighted by Gasteiger charge is -2.23. The van der Waals surface area contributed by atoms with Gasteiger partial charge in [-0.05, 0) is 24.1 Å². The van der Waals surface area contributed by atoms with E-state index >= 15 is 0 Å². The molecule has 3 rings (SSSR count). The fourth-order valence-electron chi connectivity index (χ4n) is 2.84. The molecule has 1 heterocycles. The zero-order valence-electron chi connectivity index (χ0n) is 13.0. The standard InChI is InChI=1S/C18H18N2O3/c1-11(21)17(22)19-16-14-9-4-3-7-12(14)13-8-5-6-10-15(13)20(2)18(16)23/h3-11,16,21H,1-2H3,(H,19,22). The summed E-state index contributed by atoms with van der Waals surface area (Å²) in [7, 11) is 1.69. The van der Waals surface area contributed by atoms with E-state index in [0.29, 0.717) is 0 Å². The summed E-state index contributed by atoms with van der Waals surface area (Å²) in [5, 5.41) is 12.1. The first-order valence-electron chi connectivity index (χ1n) is 7.45. The monoisotopic (exact) mass is 310 g/mol. The van der Waals surface area contributed by atoms with Gasteiger partial charge < -0.3 is 15.3 Å². The van der Waals surface area contributed by atoms with Crippen LogP contribution in [0.3, 0.4) is 0 Å². The van der Waals surface area contributed by atoms with Crippen LogP contribution >= 0.6 is 0 Å². The van der Waals surface area contributed by atoms with E-state index in [1.165, 1.54) is 6.92 Å². The van der Waals surface area contributed by atoms with E-state index in [4.69, 9.17) is 0 Å². The van der Waals surface area contributed by atoms with Crippen LogP contribution < -0.4 is 10.2 Å². The van der Waals surface area contributed by atoms with Gasteiger partial charge in [0.1, 0.15) is 12.1 Å². The summed E-state index contributed by atoms with van der Waals surface area (Å²) >= 11 is 0. The third kappa shape index (κ3) is 2.59. The van der Waals surface area contributed by atoms with Crippen LogP contribution in [0.25, 0.3) is 11.1 Å². The number of aliphatic hydroxyl groups excluding tert-OH is 1. The molecular formula is C18H18N2O3. The van der Waals surface area contributed by atoms with Crippen molar-refractivity contribution in [2.75, 3.05) is 11.9 Å². The number of aliphatic hydroxyl groups is 1. The Morgan fingerprint density at radius 2 is 1.74 bits per heavy atom. The summed E-state index contributed by atoms with van der Waals surface area (Å²) < 4.78 is 0. The van der Waals surface area contributed by atoms with Gasteiger partial charge in [-0.15, -0.1) is 0 Å². The minimum Gasteiger partial charge on any atom is -0.384 e. The van der Waals surface area contributed by atoms with Crippen LogP contribution in [0.1, 0.15) is 18.5 Å². The predicted molar refractivity (Wildman–Crippen MR) is 87.9 cm³/mol. The van der Waals surface area contributed by atoms with E-state index in [1.54, 1.807) is 11.9 Å². The van der Waals surface area contributed by atoms with Gasteiger partial charge in [0.25, 0.3) is 5.91 Å². The number of hydrogen-bond acceptors (Lipinski definition) is 3. The molecule has 5 heteroatoms. The Hall–Kier alpha value is -2.66. The Morgan fingerprint density at radius 3 is 2.43 bits per heavy atom. The van der Waals surface area contributed by atoms with Crippen LogP contribution in [0.5, 0.6) is 0 Å². The third-order valence-corrected chi connectivity index (χ3v) is 4.07. The molecule has 5 nitrogen and oxygen atoms in total. The summed E-state index contributed by atoms with van der Waals surface area (Å²) in [6, 6.07) is 14.3. The zero-order valence-corrected chi connectivity index (χ0v) is 13.0. The van der Waals surface area contributed by atoms with Crippen molar-refractivity contribution in [2.24, 2.45) is 0 Å². The molecule has 2 aromatic carbocycles. The number of para-hydroxylation sites is 1. The fourth-order valence-corrected chi connectivity index (χ4v) is 2.84. The molecule has 0 spiro atoms. The first-order valence-corrected chi connectivity index (χ1v) is 7.45. The maximum absolute atomic E-state index is 12.9. The van der Waals surface area contributed by atoms with Gasteiger partial charge in [0.15, 0.2) is 0 Å². The van der Waals surface area contributed by atoms with E-state index in [-0.39, 0.29) is 5.91 Å². The summed E-state index contributed by atoms with van der Waals surface area (Å²) in [5.41, 5.74) is 3.35. The maximum atomic E-state index is 12.9. The lowest BCUT2D eigenvalue weighted by Crippen LogP contribution is -2.43. The molecule has 0 saturated heterocycles. The molecule has 118 valence electrons. The molecule has 2 aromatic rings. The number of rotatable bonds is 2. The summed E-state index contributed by atoms with van der Waals surface area (Å²) in [5.74, 6) is -0.811. The van der Waals surface area contributed by atoms with Crippen molar-refractivity contribution in [1.82, 2.24) is 5.32 Å². The van der Waals surface area contributed by atoms with Gasteiger partial charge >= 0.3 is 0 Å². The number of amides is 2.